The van der Waals surface area contributed by atoms with Gasteiger partial charge in [0.2, 0.25) is 5.95 Å². The number of nitrogens with one attached hydrogen (secondary N) is 2. The van der Waals surface area contributed by atoms with Crippen molar-refractivity contribution in [2.45, 2.75) is 32.0 Å². The minimum absolute atomic E-state index is 0.0267. The number of aliphatic hydroxyl groups excluding tert-OH is 1. The van der Waals surface area contributed by atoms with Gasteiger partial charge in [0, 0.05) is 36.9 Å². The molecule has 0 saturated carbocycles. The number of amides is 2. The van der Waals surface area contributed by atoms with Crippen LogP contribution in [-0.4, -0.2) is 48.4 Å². The number of benzene rings is 1. The lowest BCUT2D eigenvalue weighted by Crippen LogP contribution is -2.35. The largest absolute Gasteiger partial charge is 0.390 e. The molecule has 0 fully saturated rings. The van der Waals surface area contributed by atoms with Gasteiger partial charge in [-0.1, -0.05) is 12.1 Å². The summed E-state index contributed by atoms with van der Waals surface area (Å²) in [6.07, 6.45) is 2.15. The molecule has 11 heteroatoms. The third-order valence-electron chi connectivity index (χ3n) is 6.05. The normalized spacial score (nSPS) is 16.5. The fraction of sp³-hybridized carbons (Fsp3) is 0.200. The first-order valence-corrected chi connectivity index (χ1v) is 11.2. The van der Waals surface area contributed by atoms with Gasteiger partial charge in [0.1, 0.15) is 11.4 Å². The molecule has 0 bridgehead atoms. The van der Waals surface area contributed by atoms with E-state index in [-0.39, 0.29) is 35.8 Å². The van der Waals surface area contributed by atoms with Crippen LogP contribution < -0.4 is 10.6 Å². The van der Waals surface area contributed by atoms with Crippen LogP contribution in [0.15, 0.2) is 54.9 Å². The van der Waals surface area contributed by atoms with E-state index in [1.54, 1.807) is 30.3 Å². The highest BCUT2D eigenvalue weighted by Gasteiger charge is 2.33. The van der Waals surface area contributed by atoms with Gasteiger partial charge < -0.3 is 15.7 Å². The highest BCUT2D eigenvalue weighted by Crippen LogP contribution is 2.32. The molecule has 1 aliphatic carbocycles. The molecular weight excluding hydrogens is 467 g/mol. The molecule has 3 aromatic heterocycles. The van der Waals surface area contributed by atoms with E-state index in [1.165, 1.54) is 36.0 Å². The third kappa shape index (κ3) is 4.43. The van der Waals surface area contributed by atoms with Crippen molar-refractivity contribution in [2.24, 2.45) is 0 Å². The van der Waals surface area contributed by atoms with Crippen LogP contribution in [0.5, 0.6) is 0 Å². The molecule has 0 radical (unpaired) electrons. The zero-order valence-electron chi connectivity index (χ0n) is 19.1. The molecule has 3 heterocycles. The van der Waals surface area contributed by atoms with Crippen LogP contribution in [0.2, 0.25) is 0 Å². The van der Waals surface area contributed by atoms with Crippen molar-refractivity contribution in [1.82, 2.24) is 30.2 Å². The van der Waals surface area contributed by atoms with Crippen LogP contribution in [0.3, 0.4) is 0 Å². The molecule has 5 rings (SSSR count). The summed E-state index contributed by atoms with van der Waals surface area (Å²) in [5, 5.41) is 20.2. The number of fused-ring (bicyclic) bond motifs is 2. The van der Waals surface area contributed by atoms with Crippen LogP contribution in [0.4, 0.5) is 4.39 Å². The van der Waals surface area contributed by atoms with Crippen molar-refractivity contribution in [3.63, 3.8) is 0 Å². The van der Waals surface area contributed by atoms with Crippen molar-refractivity contribution < 1.29 is 23.9 Å². The molecule has 1 aliphatic rings. The number of hydrogen-bond donors (Lipinski definition) is 3. The quantitative estimate of drug-likeness (QED) is 0.278. The zero-order chi connectivity index (χ0) is 25.4. The maximum absolute atomic E-state index is 13.3. The van der Waals surface area contributed by atoms with Crippen molar-refractivity contribution in [3.05, 3.63) is 94.4 Å². The number of hydrogen-bond acceptors (Lipinski definition) is 7. The fourth-order valence-corrected chi connectivity index (χ4v) is 4.26. The monoisotopic (exact) mass is 488 g/mol. The molecular formula is C25H21FN6O4. The first kappa shape index (κ1) is 23.2. The molecule has 4 aromatic rings. The van der Waals surface area contributed by atoms with Crippen molar-refractivity contribution in [1.29, 1.82) is 0 Å². The number of carbonyl (C=O) groups is 3. The summed E-state index contributed by atoms with van der Waals surface area (Å²) in [6, 6.07) is 10.0. The molecule has 3 N–H and O–H groups in total. The average Bonchev–Trinajstić information content (AvgIpc) is 3.45. The van der Waals surface area contributed by atoms with E-state index >= 15 is 0 Å². The Morgan fingerprint density at radius 2 is 1.94 bits per heavy atom. The Hall–Kier alpha value is -4.51. The van der Waals surface area contributed by atoms with E-state index in [4.69, 9.17) is 0 Å². The molecule has 0 aliphatic heterocycles. The molecule has 182 valence electrons. The number of rotatable bonds is 6. The van der Waals surface area contributed by atoms with E-state index in [1.807, 2.05) is 0 Å². The lowest BCUT2D eigenvalue weighted by molar-refractivity contribution is 0.0850. The van der Waals surface area contributed by atoms with E-state index in [2.05, 4.69) is 25.7 Å². The number of Topliss-reactive ketones (excluding diaryl/α,β-unsaturated/α-hetero) is 1. The summed E-state index contributed by atoms with van der Waals surface area (Å²) in [5.41, 5.74) is 2.85. The number of aliphatic hydroxyl groups is 1. The van der Waals surface area contributed by atoms with Gasteiger partial charge in [0.05, 0.1) is 18.3 Å². The smallest absolute Gasteiger partial charge is 0.270 e. The minimum atomic E-state index is -0.885. The summed E-state index contributed by atoms with van der Waals surface area (Å²) in [5.74, 6) is -1.87. The number of aromatic nitrogens is 4. The van der Waals surface area contributed by atoms with Gasteiger partial charge in [-0.25, -0.2) is 14.5 Å². The Balaban J connectivity index is 1.39. The summed E-state index contributed by atoms with van der Waals surface area (Å²) in [4.78, 5) is 45.5. The van der Waals surface area contributed by atoms with Gasteiger partial charge in [-0.05, 0) is 41.8 Å². The second kappa shape index (κ2) is 9.27. The van der Waals surface area contributed by atoms with E-state index < -0.39 is 29.9 Å². The molecule has 10 nitrogen and oxygen atoms in total. The standard InChI is InChI=1S/C25H21FN6O4/c1-13(33)15-2-3-17-16(9-15)10-20(34)23(17)31-25(36)19-11-18(30-22-5-7-29-32(19)22)24(35)28-12-14-4-6-27-21(26)8-14/h2-9,11,20,23,34H,10,12H2,1H3,(H,28,35)(H,31,36)/t20-,23+/m0/s1. The molecule has 0 spiro atoms. The van der Waals surface area contributed by atoms with Gasteiger partial charge in [-0.2, -0.15) is 9.49 Å². The van der Waals surface area contributed by atoms with Crippen LogP contribution in [0.1, 0.15) is 61.0 Å². The third-order valence-corrected chi connectivity index (χ3v) is 6.05. The number of ketones is 1. The van der Waals surface area contributed by atoms with Gasteiger partial charge in [0.25, 0.3) is 11.8 Å². The maximum atomic E-state index is 13.3. The Morgan fingerprint density at radius 3 is 2.72 bits per heavy atom. The second-order valence-corrected chi connectivity index (χ2v) is 8.49. The molecule has 1 aromatic carbocycles. The van der Waals surface area contributed by atoms with Gasteiger partial charge in [-0.3, -0.25) is 14.4 Å². The van der Waals surface area contributed by atoms with Gasteiger partial charge in [-0.15, -0.1) is 0 Å². The zero-order valence-corrected chi connectivity index (χ0v) is 19.1. The fourth-order valence-electron chi connectivity index (χ4n) is 4.26. The summed E-state index contributed by atoms with van der Waals surface area (Å²) < 4.78 is 14.6. The lowest BCUT2D eigenvalue weighted by atomic mass is 10.0. The van der Waals surface area contributed by atoms with Gasteiger partial charge >= 0.3 is 0 Å². The Labute approximate surface area is 204 Å². The van der Waals surface area contributed by atoms with Crippen molar-refractivity contribution >= 4 is 23.2 Å². The summed E-state index contributed by atoms with van der Waals surface area (Å²) in [7, 11) is 0. The second-order valence-electron chi connectivity index (χ2n) is 8.49. The van der Waals surface area contributed by atoms with Crippen LogP contribution in [0, 0.1) is 5.95 Å². The predicted octanol–water partition coefficient (Wildman–Crippen LogP) is 1.78. The van der Waals surface area contributed by atoms with E-state index in [9.17, 15) is 23.9 Å². The molecule has 36 heavy (non-hydrogen) atoms. The summed E-state index contributed by atoms with van der Waals surface area (Å²) >= 11 is 0. The topological polar surface area (TPSA) is 139 Å². The molecule has 0 saturated heterocycles. The SMILES string of the molecule is CC(=O)c1ccc2c(c1)C[C@H](O)[C@@H]2NC(=O)c1cc(C(=O)NCc2ccnc(F)c2)nc2ccnn12. The number of nitrogens with zero attached hydrogens (tertiary/aromatic N) is 4. The van der Waals surface area contributed by atoms with E-state index in [0.29, 0.717) is 16.7 Å². The van der Waals surface area contributed by atoms with Crippen LogP contribution >= 0.6 is 0 Å². The highest BCUT2D eigenvalue weighted by molar-refractivity contribution is 5.98. The molecule has 0 unspecified atom stereocenters. The molecule has 2 amide bonds. The number of carbonyl (C=O) groups excluding carboxylic acids is 3. The highest BCUT2D eigenvalue weighted by atomic mass is 19.1. The Bertz CT molecular complexity index is 1520. The first-order chi connectivity index (χ1) is 17.3. The molecule has 2 atom stereocenters. The van der Waals surface area contributed by atoms with Crippen LogP contribution in [-0.2, 0) is 13.0 Å². The maximum Gasteiger partial charge on any atom is 0.270 e. The van der Waals surface area contributed by atoms with Gasteiger partial charge in [0.15, 0.2) is 11.4 Å². The Morgan fingerprint density at radius 1 is 1.11 bits per heavy atom. The lowest BCUT2D eigenvalue weighted by Gasteiger charge is -2.18. The minimum Gasteiger partial charge on any atom is -0.390 e. The average molecular weight is 488 g/mol. The number of pyridine rings is 1. The summed E-state index contributed by atoms with van der Waals surface area (Å²) in [6.45, 7) is 1.51. The number of halogens is 1. The van der Waals surface area contributed by atoms with Crippen molar-refractivity contribution in [3.8, 4) is 0 Å². The van der Waals surface area contributed by atoms with E-state index in [0.717, 1.165) is 5.56 Å². The Kier molecular flexibility index (Phi) is 5.98. The van der Waals surface area contributed by atoms with Crippen LogP contribution in [0.25, 0.3) is 5.65 Å². The van der Waals surface area contributed by atoms with Crippen molar-refractivity contribution in [2.75, 3.05) is 0 Å². The predicted molar refractivity (Wildman–Crippen MR) is 125 cm³/mol. The first-order valence-electron chi connectivity index (χ1n) is 11.2.